The molecule has 0 unspecified atom stereocenters. The van der Waals surface area contributed by atoms with Crippen molar-refractivity contribution in [1.82, 2.24) is 19.9 Å². The minimum Gasteiger partial charge on any atom is -0.545 e. The zero-order valence-electron chi connectivity index (χ0n) is 23.7. The number of piperidine rings is 1. The van der Waals surface area contributed by atoms with Gasteiger partial charge in [-0.15, -0.1) is 0 Å². The molecular weight excluding hydrogens is 548 g/mol. The molecule has 10 nitrogen and oxygen atoms in total. The predicted octanol–water partition coefficient (Wildman–Crippen LogP) is 3.97. The lowest BCUT2D eigenvalue weighted by atomic mass is 9.82. The van der Waals surface area contributed by atoms with Crippen molar-refractivity contribution < 1.29 is 29.0 Å². The highest BCUT2D eigenvalue weighted by molar-refractivity contribution is 6.02. The van der Waals surface area contributed by atoms with E-state index < -0.39 is 11.6 Å². The summed E-state index contributed by atoms with van der Waals surface area (Å²) in [5, 5.41) is 12.1. The maximum Gasteiger partial charge on any atom is 0.272 e. The van der Waals surface area contributed by atoms with E-state index in [0.29, 0.717) is 72.3 Å². The Bertz CT molecular complexity index is 1790. The van der Waals surface area contributed by atoms with E-state index in [1.54, 1.807) is 41.6 Å². The molecule has 0 bridgehead atoms. The summed E-state index contributed by atoms with van der Waals surface area (Å²) in [4.78, 5) is 53.4. The molecule has 1 aromatic carbocycles. The number of likely N-dealkylation sites (tertiary alicyclic amines) is 1. The number of carboxylic acids is 1. The number of fused-ring (bicyclic) bond motifs is 2. The first-order chi connectivity index (χ1) is 20.8. The molecule has 4 aromatic rings. The maximum atomic E-state index is 13.7. The van der Waals surface area contributed by atoms with Crippen molar-refractivity contribution in [3.05, 3.63) is 77.5 Å². The predicted molar refractivity (Wildman–Crippen MR) is 154 cm³/mol. The van der Waals surface area contributed by atoms with Crippen molar-refractivity contribution in [2.24, 2.45) is 0 Å². The number of carbonyl (C=O) groups excluding carboxylic acids is 3. The molecule has 10 heteroatoms. The number of aromatic nitrogens is 3. The quantitative estimate of drug-likeness (QED) is 0.334. The molecule has 1 aliphatic carbocycles. The van der Waals surface area contributed by atoms with Gasteiger partial charge in [0.15, 0.2) is 5.78 Å². The lowest BCUT2D eigenvalue weighted by Gasteiger charge is -2.44. The largest absolute Gasteiger partial charge is 0.545 e. The van der Waals surface area contributed by atoms with Crippen molar-refractivity contribution in [2.45, 2.75) is 50.5 Å². The van der Waals surface area contributed by atoms with Crippen LogP contribution in [0.5, 0.6) is 11.5 Å². The molecule has 1 amide bonds. The molecule has 3 aromatic heterocycles. The number of hydrogen-bond donors (Lipinski definition) is 0. The third kappa shape index (κ3) is 4.96. The van der Waals surface area contributed by atoms with Crippen molar-refractivity contribution in [2.75, 3.05) is 19.7 Å². The molecule has 1 saturated carbocycles. The molecule has 2 aliphatic heterocycles. The molecule has 1 spiro atoms. The number of ketones is 1. The normalized spacial score (nSPS) is 17.4. The summed E-state index contributed by atoms with van der Waals surface area (Å²) < 4.78 is 12.4. The van der Waals surface area contributed by atoms with Crippen LogP contribution in [0, 0.1) is 0 Å². The number of carboxylic acid groups (broad SMARTS) is 1. The Kier molecular flexibility index (Phi) is 6.56. The third-order valence-electron chi connectivity index (χ3n) is 8.56. The summed E-state index contributed by atoms with van der Waals surface area (Å²) in [6, 6.07) is 10.3. The topological polar surface area (TPSA) is 135 Å². The summed E-state index contributed by atoms with van der Waals surface area (Å²) in [7, 11) is 0. The Hall–Kier alpha value is -4.86. The fourth-order valence-corrected chi connectivity index (χ4v) is 6.12. The van der Waals surface area contributed by atoms with E-state index >= 15 is 0 Å². The lowest BCUT2D eigenvalue weighted by Crippen LogP contribution is -2.52. The molecule has 3 aliphatic rings. The minimum absolute atomic E-state index is 0.0360. The van der Waals surface area contributed by atoms with E-state index in [2.05, 4.69) is 9.97 Å². The average Bonchev–Trinajstić information content (AvgIpc) is 3.86. The van der Waals surface area contributed by atoms with E-state index in [1.165, 1.54) is 12.3 Å². The Labute approximate surface area is 247 Å². The van der Waals surface area contributed by atoms with Crippen LogP contribution < -0.4 is 14.6 Å². The first-order valence-corrected chi connectivity index (χ1v) is 14.6. The van der Waals surface area contributed by atoms with Crippen LogP contribution in [0.25, 0.3) is 22.0 Å². The second-order valence-corrected chi connectivity index (χ2v) is 11.4. The molecule has 2 fully saturated rings. The molecule has 0 radical (unpaired) electrons. The number of hydrogen-bond acceptors (Lipinski definition) is 9. The first kappa shape index (κ1) is 27.0. The van der Waals surface area contributed by atoms with Crippen LogP contribution in [-0.2, 0) is 0 Å². The number of carbonyl (C=O) groups is 3. The van der Waals surface area contributed by atoms with Crippen LogP contribution >= 0.6 is 0 Å². The molecule has 0 atom stereocenters. The molecule has 5 heterocycles. The van der Waals surface area contributed by atoms with Crippen molar-refractivity contribution in [3.8, 4) is 22.6 Å². The van der Waals surface area contributed by atoms with Crippen molar-refractivity contribution in [3.63, 3.8) is 0 Å². The summed E-state index contributed by atoms with van der Waals surface area (Å²) in [6.45, 7) is 3.23. The smallest absolute Gasteiger partial charge is 0.272 e. The number of amides is 1. The summed E-state index contributed by atoms with van der Waals surface area (Å²) in [6.07, 6.45) is 7.89. The van der Waals surface area contributed by atoms with E-state index in [9.17, 15) is 19.5 Å². The maximum absolute atomic E-state index is 13.7. The molecular formula is C33H29N4O6-. The highest BCUT2D eigenvalue weighted by Gasteiger charge is 2.44. The van der Waals surface area contributed by atoms with Crippen LogP contribution in [-0.4, -0.2) is 62.8 Å². The fourth-order valence-electron chi connectivity index (χ4n) is 6.12. The van der Waals surface area contributed by atoms with Gasteiger partial charge >= 0.3 is 0 Å². The number of rotatable bonds is 6. The fraction of sp³-hybridized carbons (Fsp3) is 0.333. The number of ether oxygens (including phenoxy) is 2. The Morgan fingerprint density at radius 2 is 1.91 bits per heavy atom. The van der Waals surface area contributed by atoms with Crippen LogP contribution in [0.4, 0.5) is 0 Å². The van der Waals surface area contributed by atoms with Gasteiger partial charge in [-0.2, -0.15) is 0 Å². The van der Waals surface area contributed by atoms with E-state index in [4.69, 9.17) is 14.5 Å². The van der Waals surface area contributed by atoms with E-state index in [-0.39, 0.29) is 23.7 Å². The molecule has 43 heavy (non-hydrogen) atoms. The number of Topliss-reactive ketones (excluding diaryl/α,β-unsaturated/α-hetero) is 1. The Morgan fingerprint density at radius 1 is 1.09 bits per heavy atom. The van der Waals surface area contributed by atoms with Gasteiger partial charge in [0, 0.05) is 73.0 Å². The van der Waals surface area contributed by atoms with Crippen LogP contribution in [0.1, 0.15) is 81.8 Å². The Balaban J connectivity index is 1.10. The lowest BCUT2D eigenvalue weighted by molar-refractivity contribution is -0.255. The van der Waals surface area contributed by atoms with Gasteiger partial charge in [0.1, 0.15) is 22.8 Å². The zero-order chi connectivity index (χ0) is 29.7. The second-order valence-electron chi connectivity index (χ2n) is 11.4. The number of aromatic carboxylic acids is 1. The number of pyridine rings is 3. The molecule has 7 rings (SSSR count). The van der Waals surface area contributed by atoms with Crippen molar-refractivity contribution >= 4 is 28.6 Å². The summed E-state index contributed by atoms with van der Waals surface area (Å²) in [5.74, 6) is -0.0545. The number of nitrogens with zero attached hydrogens (tertiary/aromatic N) is 4. The highest BCUT2D eigenvalue weighted by atomic mass is 16.5. The summed E-state index contributed by atoms with van der Waals surface area (Å²) in [5.41, 5.74) is 2.93. The minimum atomic E-state index is -1.32. The first-order valence-electron chi connectivity index (χ1n) is 14.6. The highest BCUT2D eigenvalue weighted by Crippen LogP contribution is 2.43. The van der Waals surface area contributed by atoms with Crippen molar-refractivity contribution in [1.29, 1.82) is 0 Å². The van der Waals surface area contributed by atoms with Gasteiger partial charge in [-0.1, -0.05) is 6.07 Å². The van der Waals surface area contributed by atoms with Gasteiger partial charge in [0.2, 0.25) is 0 Å². The zero-order valence-corrected chi connectivity index (χ0v) is 23.7. The van der Waals surface area contributed by atoms with Crippen LogP contribution in [0.15, 0.2) is 55.0 Å². The van der Waals surface area contributed by atoms with Gasteiger partial charge in [0.25, 0.3) is 5.91 Å². The van der Waals surface area contributed by atoms with Crippen LogP contribution in [0.3, 0.4) is 0 Å². The third-order valence-corrected chi connectivity index (χ3v) is 8.56. The Morgan fingerprint density at radius 3 is 2.65 bits per heavy atom. The SMILES string of the molecule is CCOc1cc(C(=O)N2CCC3(CC2)CC(=O)c2cc(-c4cncc(C(=O)[O-])c4)ccc2O3)nc2c(C3CC3)nccc12. The standard InChI is InChI=1S/C33H30N4O6/c1-2-42-28-15-25(36-30-23(28)7-10-35-29(30)19-3-4-19)31(39)37-11-8-33(9-12-37)16-26(38)24-14-20(5-6-27(24)43-33)21-13-22(32(40)41)18-34-17-21/h5-7,10,13-15,17-19H,2-4,8-9,11-12,16H2,1H3,(H,40,41)/p-1. The molecule has 0 N–H and O–H groups in total. The molecule has 218 valence electrons. The van der Waals surface area contributed by atoms with Gasteiger partial charge < -0.3 is 24.3 Å². The van der Waals surface area contributed by atoms with Gasteiger partial charge in [0.05, 0.1) is 35.8 Å². The van der Waals surface area contributed by atoms with Gasteiger partial charge in [-0.25, -0.2) is 4.98 Å². The average molecular weight is 578 g/mol. The number of benzene rings is 1. The second kappa shape index (κ2) is 10.4. The monoisotopic (exact) mass is 577 g/mol. The van der Waals surface area contributed by atoms with E-state index in [0.717, 1.165) is 29.4 Å². The molecule has 1 saturated heterocycles. The van der Waals surface area contributed by atoms with Crippen LogP contribution in [0.2, 0.25) is 0 Å². The summed E-state index contributed by atoms with van der Waals surface area (Å²) >= 11 is 0. The van der Waals surface area contributed by atoms with E-state index in [1.807, 2.05) is 13.0 Å². The van der Waals surface area contributed by atoms with Gasteiger partial charge in [-0.05, 0) is 49.6 Å². The van der Waals surface area contributed by atoms with Gasteiger partial charge in [-0.3, -0.25) is 19.6 Å².